The minimum atomic E-state index is -0.955. The number of hydrogen-bond acceptors (Lipinski definition) is 7. The van der Waals surface area contributed by atoms with Crippen LogP contribution in [0, 0.1) is 44.8 Å². The van der Waals surface area contributed by atoms with Crippen LogP contribution in [-0.4, -0.2) is 30.5 Å². The van der Waals surface area contributed by atoms with E-state index in [4.69, 9.17) is 14.0 Å². The van der Waals surface area contributed by atoms with Crippen LogP contribution in [0.1, 0.15) is 97.8 Å². The van der Waals surface area contributed by atoms with E-state index in [0.717, 1.165) is 50.5 Å². The molecule has 0 aliphatic heterocycles. The lowest BCUT2D eigenvalue weighted by molar-refractivity contribution is -0.198. The Morgan fingerprint density at radius 1 is 1.08 bits per heavy atom. The van der Waals surface area contributed by atoms with Crippen molar-refractivity contribution in [2.75, 3.05) is 7.11 Å². The summed E-state index contributed by atoms with van der Waals surface area (Å²) in [7, 11) is 1.49. The molecule has 1 aromatic heterocycles. The standard InChI is InChI=1S/C32H43NO6/c1-27(2)10-12-32(26(36)37-7)13-11-30(5)24(20(32)16-27)21(35)14-23-28(3)15-19-17-33-39-25(19)31(6,38-18-34)22(28)8-9-29(23,30)4/h14,17-18,20,22,24H,8-13,15-16H2,1-7H3/t20-,22+,24-,28-,29+,30+,31-,32-/m0/s1. The molecular formula is C32H43NO6. The largest absolute Gasteiger partial charge is 0.469 e. The van der Waals surface area contributed by atoms with Gasteiger partial charge in [-0.3, -0.25) is 14.4 Å². The van der Waals surface area contributed by atoms with Gasteiger partial charge in [0.25, 0.3) is 6.47 Å². The highest BCUT2D eigenvalue weighted by atomic mass is 16.6. The van der Waals surface area contributed by atoms with Crippen molar-refractivity contribution in [2.24, 2.45) is 44.8 Å². The lowest BCUT2D eigenvalue weighted by atomic mass is 9.34. The molecule has 5 aliphatic rings. The third-order valence-corrected chi connectivity index (χ3v) is 12.9. The van der Waals surface area contributed by atoms with Crippen molar-refractivity contribution in [3.05, 3.63) is 29.2 Å². The molecule has 0 radical (unpaired) electrons. The Balaban J connectivity index is 1.51. The van der Waals surface area contributed by atoms with E-state index in [2.05, 4.69) is 39.8 Å². The first-order chi connectivity index (χ1) is 18.2. The summed E-state index contributed by atoms with van der Waals surface area (Å²) in [4.78, 5) is 39.7. The molecule has 0 unspecified atom stereocenters. The third kappa shape index (κ3) is 3.16. The second-order valence-electron chi connectivity index (χ2n) is 15.0. The Morgan fingerprint density at radius 2 is 1.79 bits per heavy atom. The van der Waals surface area contributed by atoms with E-state index < -0.39 is 16.4 Å². The van der Waals surface area contributed by atoms with Crippen molar-refractivity contribution < 1.29 is 28.4 Å². The van der Waals surface area contributed by atoms with Crippen LogP contribution < -0.4 is 0 Å². The molecule has 0 aromatic carbocycles. The van der Waals surface area contributed by atoms with Gasteiger partial charge in [0, 0.05) is 22.8 Å². The molecule has 7 heteroatoms. The van der Waals surface area contributed by atoms with Gasteiger partial charge in [-0.25, -0.2) is 0 Å². The molecule has 0 amide bonds. The van der Waals surface area contributed by atoms with Gasteiger partial charge in [0.1, 0.15) is 0 Å². The first kappa shape index (κ1) is 26.8. The molecule has 8 atom stereocenters. The van der Waals surface area contributed by atoms with E-state index in [1.165, 1.54) is 12.7 Å². The Bertz CT molecular complexity index is 1280. The number of fused-ring (bicyclic) bond motifs is 8. The molecule has 212 valence electrons. The van der Waals surface area contributed by atoms with Crippen LogP contribution in [0.2, 0.25) is 0 Å². The quantitative estimate of drug-likeness (QED) is 0.347. The molecule has 0 bridgehead atoms. The Kier molecular flexibility index (Phi) is 5.54. The van der Waals surface area contributed by atoms with Crippen LogP contribution in [0.4, 0.5) is 0 Å². The highest BCUT2D eigenvalue weighted by molar-refractivity contribution is 5.96. The highest BCUT2D eigenvalue weighted by Crippen LogP contribution is 2.75. The van der Waals surface area contributed by atoms with Crippen molar-refractivity contribution >= 4 is 18.2 Å². The van der Waals surface area contributed by atoms with Crippen LogP contribution in [0.25, 0.3) is 0 Å². The number of carbonyl (C=O) groups excluding carboxylic acids is 3. The SMILES string of the molecule is COC(=O)[C@]12CCC(C)(C)C[C@H]1[C@H]1C(=O)C=C3[C@@]4(C)Cc5cnoc5[C@@](C)(OC=O)[C@@H]4CC[C@@]3(C)[C@]1(C)CC2. The lowest BCUT2D eigenvalue weighted by Crippen LogP contribution is -2.66. The van der Waals surface area contributed by atoms with Gasteiger partial charge in [-0.1, -0.05) is 45.3 Å². The first-order valence-corrected chi connectivity index (χ1v) is 14.6. The van der Waals surface area contributed by atoms with E-state index >= 15 is 0 Å². The summed E-state index contributed by atoms with van der Waals surface area (Å²) in [6.07, 6.45) is 10.2. The molecule has 0 saturated heterocycles. The summed E-state index contributed by atoms with van der Waals surface area (Å²) in [6, 6.07) is 0. The van der Waals surface area contributed by atoms with Crippen molar-refractivity contribution in [2.45, 2.75) is 98.5 Å². The van der Waals surface area contributed by atoms with Gasteiger partial charge in [0.2, 0.25) is 0 Å². The van der Waals surface area contributed by atoms with Gasteiger partial charge in [-0.05, 0) is 86.5 Å². The number of esters is 1. The Labute approximate surface area is 231 Å². The molecule has 6 rings (SSSR count). The molecule has 39 heavy (non-hydrogen) atoms. The molecular weight excluding hydrogens is 494 g/mol. The van der Waals surface area contributed by atoms with E-state index in [-0.39, 0.29) is 45.8 Å². The molecule has 5 aliphatic carbocycles. The van der Waals surface area contributed by atoms with Crippen molar-refractivity contribution in [3.8, 4) is 0 Å². The normalized spacial score (nSPS) is 45.9. The summed E-state index contributed by atoms with van der Waals surface area (Å²) < 4.78 is 16.9. The number of methoxy groups -OCH3 is 1. The lowest BCUT2D eigenvalue weighted by Gasteiger charge is -2.69. The van der Waals surface area contributed by atoms with Gasteiger partial charge in [0.05, 0.1) is 18.7 Å². The van der Waals surface area contributed by atoms with Crippen LogP contribution in [0.3, 0.4) is 0 Å². The fourth-order valence-corrected chi connectivity index (χ4v) is 10.7. The maximum Gasteiger partial charge on any atom is 0.312 e. The van der Waals surface area contributed by atoms with E-state index in [1.807, 2.05) is 13.0 Å². The Morgan fingerprint density at radius 3 is 2.49 bits per heavy atom. The summed E-state index contributed by atoms with van der Waals surface area (Å²) in [5, 5.41) is 4.08. The number of aromatic nitrogens is 1. The van der Waals surface area contributed by atoms with Crippen LogP contribution in [0.5, 0.6) is 0 Å². The highest BCUT2D eigenvalue weighted by Gasteiger charge is 2.72. The number of hydrogen-bond donors (Lipinski definition) is 0. The monoisotopic (exact) mass is 537 g/mol. The van der Waals surface area contributed by atoms with Crippen molar-refractivity contribution in [1.29, 1.82) is 0 Å². The molecule has 0 spiro atoms. The number of ether oxygens (including phenoxy) is 2. The fraction of sp³-hybridized carbons (Fsp3) is 0.750. The minimum absolute atomic E-state index is 0.0419. The van der Waals surface area contributed by atoms with E-state index in [9.17, 15) is 14.4 Å². The van der Waals surface area contributed by atoms with Gasteiger partial charge < -0.3 is 14.0 Å². The number of allylic oxidation sites excluding steroid dienone is 2. The van der Waals surface area contributed by atoms with Crippen LogP contribution >= 0.6 is 0 Å². The zero-order chi connectivity index (χ0) is 28.2. The predicted molar refractivity (Wildman–Crippen MR) is 143 cm³/mol. The molecule has 7 nitrogen and oxygen atoms in total. The number of nitrogens with zero attached hydrogens (tertiary/aromatic N) is 1. The van der Waals surface area contributed by atoms with E-state index in [0.29, 0.717) is 18.7 Å². The van der Waals surface area contributed by atoms with Gasteiger partial charge in [-0.15, -0.1) is 0 Å². The maximum absolute atomic E-state index is 14.5. The van der Waals surface area contributed by atoms with Crippen LogP contribution in [0.15, 0.2) is 22.4 Å². The van der Waals surface area contributed by atoms with Crippen LogP contribution in [-0.2, 0) is 35.9 Å². The maximum atomic E-state index is 14.5. The summed E-state index contributed by atoms with van der Waals surface area (Å²) in [5.41, 5.74) is -0.317. The minimum Gasteiger partial charge on any atom is -0.469 e. The number of carbonyl (C=O) groups is 3. The third-order valence-electron chi connectivity index (χ3n) is 12.9. The Hall–Kier alpha value is -2.44. The molecule has 1 heterocycles. The molecule has 1 aromatic rings. The average molecular weight is 538 g/mol. The van der Waals surface area contributed by atoms with Gasteiger partial charge in [0.15, 0.2) is 17.1 Å². The fourth-order valence-electron chi connectivity index (χ4n) is 10.7. The van der Waals surface area contributed by atoms with Gasteiger partial charge >= 0.3 is 5.97 Å². The number of ketones is 1. The van der Waals surface area contributed by atoms with Gasteiger partial charge in [-0.2, -0.15) is 0 Å². The predicted octanol–water partition coefficient (Wildman–Crippen LogP) is 5.95. The zero-order valence-electron chi connectivity index (χ0n) is 24.5. The number of rotatable bonds is 3. The summed E-state index contributed by atoms with van der Waals surface area (Å²) in [5.74, 6) is 0.317. The summed E-state index contributed by atoms with van der Waals surface area (Å²) in [6.45, 7) is 13.9. The molecule has 3 fully saturated rings. The molecule has 0 N–H and O–H groups in total. The van der Waals surface area contributed by atoms with E-state index in [1.54, 1.807) is 6.20 Å². The average Bonchev–Trinajstić information content (AvgIpc) is 3.34. The topological polar surface area (TPSA) is 95.7 Å². The summed E-state index contributed by atoms with van der Waals surface area (Å²) >= 11 is 0. The van der Waals surface area contributed by atoms with Crippen molar-refractivity contribution in [3.63, 3.8) is 0 Å². The second-order valence-corrected chi connectivity index (χ2v) is 15.0. The second kappa shape index (κ2) is 8.07. The molecule has 3 saturated carbocycles. The van der Waals surface area contributed by atoms with Crippen molar-refractivity contribution in [1.82, 2.24) is 5.16 Å². The first-order valence-electron chi connectivity index (χ1n) is 14.6. The zero-order valence-corrected chi connectivity index (χ0v) is 24.5. The smallest absolute Gasteiger partial charge is 0.312 e.